The van der Waals surface area contributed by atoms with E-state index in [0.717, 1.165) is 0 Å². The molecule has 4 unspecified atom stereocenters. The largest absolute Gasteiger partial charge is 0.481 e. The molecule has 0 aromatic heterocycles. The molecule has 0 radical (unpaired) electrons. The number of aliphatic hydroxyl groups is 1. The lowest BCUT2D eigenvalue weighted by Crippen LogP contribution is -2.58. The summed E-state index contributed by atoms with van der Waals surface area (Å²) < 4.78 is 0. The molecule has 0 bridgehead atoms. The van der Waals surface area contributed by atoms with Crippen LogP contribution in [0.3, 0.4) is 0 Å². The number of benzene rings is 1. The Labute approximate surface area is 218 Å². The molecule has 0 heterocycles. The first kappa shape index (κ1) is 31.8. The smallest absolute Gasteiger partial charge is 0.326 e. The molecule has 0 spiro atoms. The van der Waals surface area contributed by atoms with E-state index in [2.05, 4.69) is 20.9 Å². The summed E-state index contributed by atoms with van der Waals surface area (Å²) in [5.41, 5.74) is 16.9. The lowest BCUT2D eigenvalue weighted by atomic mass is 10.0. The second-order valence-corrected chi connectivity index (χ2v) is 8.38. The Morgan fingerprint density at radius 3 is 1.97 bits per heavy atom. The Morgan fingerprint density at radius 2 is 1.42 bits per heavy atom. The maximum absolute atomic E-state index is 13.0. The minimum atomic E-state index is -1.51. The van der Waals surface area contributed by atoms with Crippen LogP contribution in [0.25, 0.3) is 0 Å². The predicted molar refractivity (Wildman–Crippen MR) is 135 cm³/mol. The Kier molecular flexibility index (Phi) is 13.8. The highest BCUT2D eigenvalue weighted by Gasteiger charge is 2.30. The number of aliphatic imine (C=N–C) groups is 1. The topological polar surface area (TPSA) is 273 Å². The van der Waals surface area contributed by atoms with E-state index in [1.54, 1.807) is 30.3 Å². The molecule has 210 valence electrons. The second-order valence-electron chi connectivity index (χ2n) is 8.38. The van der Waals surface area contributed by atoms with E-state index < -0.39 is 60.4 Å². The van der Waals surface area contributed by atoms with Gasteiger partial charge in [-0.2, -0.15) is 0 Å². The molecular formula is C23H35N7O8. The molecule has 15 heteroatoms. The third-order valence-corrected chi connectivity index (χ3v) is 5.30. The van der Waals surface area contributed by atoms with E-state index in [1.807, 2.05) is 0 Å². The van der Waals surface area contributed by atoms with E-state index >= 15 is 0 Å². The van der Waals surface area contributed by atoms with Gasteiger partial charge in [-0.25, -0.2) is 4.79 Å². The molecule has 1 aromatic carbocycles. The van der Waals surface area contributed by atoms with Crippen LogP contribution < -0.4 is 33.2 Å². The van der Waals surface area contributed by atoms with Crippen LogP contribution in [0.4, 0.5) is 0 Å². The molecule has 0 saturated heterocycles. The van der Waals surface area contributed by atoms with Gasteiger partial charge in [0.05, 0.1) is 12.6 Å². The SMILES string of the molecule is NC(N)=NCCCC(NC(=O)C(CO)NC(=O)C(N)CCC(=O)O)C(=O)NC(Cc1ccccc1)C(=O)O. The lowest BCUT2D eigenvalue weighted by Gasteiger charge is -2.24. The van der Waals surface area contributed by atoms with Crippen LogP contribution in [0.15, 0.2) is 35.3 Å². The summed E-state index contributed by atoms with van der Waals surface area (Å²) in [6, 6.07) is 3.28. The number of carbonyl (C=O) groups is 5. The van der Waals surface area contributed by atoms with Gasteiger partial charge in [0.25, 0.3) is 0 Å². The Balaban J connectivity index is 2.95. The van der Waals surface area contributed by atoms with Crippen LogP contribution in [0.5, 0.6) is 0 Å². The van der Waals surface area contributed by atoms with Gasteiger partial charge in [-0.05, 0) is 24.8 Å². The van der Waals surface area contributed by atoms with Gasteiger partial charge in [0.2, 0.25) is 17.7 Å². The van der Waals surface area contributed by atoms with E-state index in [9.17, 15) is 34.2 Å². The third kappa shape index (κ3) is 12.1. The fourth-order valence-corrected chi connectivity index (χ4v) is 3.25. The Bertz CT molecular complexity index is 985. The van der Waals surface area contributed by atoms with Crippen molar-refractivity contribution in [2.75, 3.05) is 13.2 Å². The molecule has 3 amide bonds. The highest BCUT2D eigenvalue weighted by Crippen LogP contribution is 2.06. The summed E-state index contributed by atoms with van der Waals surface area (Å²) in [5.74, 6) is -5.25. The van der Waals surface area contributed by atoms with Crippen LogP contribution in [-0.4, -0.2) is 88.3 Å². The van der Waals surface area contributed by atoms with Crippen molar-refractivity contribution < 1.29 is 39.3 Å². The number of aliphatic carboxylic acids is 2. The molecule has 0 fully saturated rings. The first-order valence-electron chi connectivity index (χ1n) is 11.8. The Hall–Kier alpha value is -4.24. The van der Waals surface area contributed by atoms with Crippen LogP contribution in [0, 0.1) is 0 Å². The van der Waals surface area contributed by atoms with E-state index in [1.165, 1.54) is 0 Å². The van der Waals surface area contributed by atoms with Gasteiger partial charge >= 0.3 is 11.9 Å². The number of carboxylic acids is 2. The first-order chi connectivity index (χ1) is 17.9. The number of nitrogens with one attached hydrogen (secondary N) is 3. The summed E-state index contributed by atoms with van der Waals surface area (Å²) in [6.45, 7) is -0.732. The maximum atomic E-state index is 13.0. The van der Waals surface area contributed by atoms with Crippen molar-refractivity contribution >= 4 is 35.6 Å². The van der Waals surface area contributed by atoms with Crippen molar-refractivity contribution in [3.63, 3.8) is 0 Å². The summed E-state index contributed by atoms with van der Waals surface area (Å²) in [7, 11) is 0. The molecule has 38 heavy (non-hydrogen) atoms. The van der Waals surface area contributed by atoms with Gasteiger partial charge in [-0.15, -0.1) is 0 Å². The number of amides is 3. The van der Waals surface area contributed by atoms with Gasteiger partial charge in [0, 0.05) is 19.4 Å². The average Bonchev–Trinajstić information content (AvgIpc) is 2.87. The highest BCUT2D eigenvalue weighted by molar-refractivity contribution is 5.94. The normalized spacial score (nSPS) is 13.7. The van der Waals surface area contributed by atoms with Crippen LogP contribution in [-0.2, 0) is 30.4 Å². The van der Waals surface area contributed by atoms with E-state index in [4.69, 9.17) is 22.3 Å². The van der Waals surface area contributed by atoms with Gasteiger partial charge in [-0.3, -0.25) is 24.2 Å². The number of hydrogen-bond donors (Lipinski definition) is 9. The fraction of sp³-hybridized carbons (Fsp3) is 0.478. The first-order valence-corrected chi connectivity index (χ1v) is 11.8. The van der Waals surface area contributed by atoms with E-state index in [-0.39, 0.29) is 44.6 Å². The van der Waals surface area contributed by atoms with Crippen molar-refractivity contribution in [1.82, 2.24) is 16.0 Å². The second kappa shape index (κ2) is 16.5. The summed E-state index contributed by atoms with van der Waals surface area (Å²) in [4.78, 5) is 64.3. The summed E-state index contributed by atoms with van der Waals surface area (Å²) >= 11 is 0. The zero-order valence-corrected chi connectivity index (χ0v) is 20.7. The summed E-state index contributed by atoms with van der Waals surface area (Å²) in [6.07, 6.45) is -0.371. The molecule has 1 rings (SSSR count). The minimum Gasteiger partial charge on any atom is -0.481 e. The number of rotatable bonds is 17. The van der Waals surface area contributed by atoms with Crippen molar-refractivity contribution in [2.24, 2.45) is 22.2 Å². The van der Waals surface area contributed by atoms with Crippen LogP contribution >= 0.6 is 0 Å². The number of guanidine groups is 1. The lowest BCUT2D eigenvalue weighted by molar-refractivity contribution is -0.142. The molecular weight excluding hydrogens is 502 g/mol. The number of hydrogen-bond acceptors (Lipinski definition) is 8. The zero-order valence-electron chi connectivity index (χ0n) is 20.7. The van der Waals surface area contributed by atoms with Crippen LogP contribution in [0.2, 0.25) is 0 Å². The molecule has 0 aliphatic heterocycles. The van der Waals surface area contributed by atoms with E-state index in [0.29, 0.717) is 5.56 Å². The minimum absolute atomic E-state index is 0.00372. The van der Waals surface area contributed by atoms with Crippen molar-refractivity contribution in [1.29, 1.82) is 0 Å². The number of nitrogens with two attached hydrogens (primary N) is 3. The molecule has 0 saturated carbocycles. The van der Waals surface area contributed by atoms with Crippen molar-refractivity contribution in [2.45, 2.75) is 56.3 Å². The molecule has 0 aliphatic rings. The average molecular weight is 538 g/mol. The van der Waals surface area contributed by atoms with Gasteiger partial charge in [-0.1, -0.05) is 30.3 Å². The van der Waals surface area contributed by atoms with Crippen molar-refractivity contribution in [3.8, 4) is 0 Å². The molecule has 0 aliphatic carbocycles. The fourth-order valence-electron chi connectivity index (χ4n) is 3.25. The standard InChI is InChI=1S/C23H35N7O8/c24-14(8-9-18(32)33)19(34)30-17(12-31)21(36)28-15(7-4-10-27-23(25)26)20(35)29-16(22(37)38)11-13-5-2-1-3-6-13/h1-3,5-6,14-17,31H,4,7-12,24H2,(H,28,36)(H,29,35)(H,30,34)(H,32,33)(H,37,38)(H4,25,26,27). The predicted octanol–water partition coefficient (Wildman–Crippen LogP) is -2.99. The number of carboxylic acid groups (broad SMARTS) is 2. The molecule has 1 aromatic rings. The molecule has 4 atom stereocenters. The number of carbonyl (C=O) groups excluding carboxylic acids is 3. The quantitative estimate of drug-likeness (QED) is 0.0548. The third-order valence-electron chi connectivity index (χ3n) is 5.30. The maximum Gasteiger partial charge on any atom is 0.326 e. The number of nitrogens with zero attached hydrogens (tertiary/aromatic N) is 1. The van der Waals surface area contributed by atoms with Gasteiger partial charge < -0.3 is 48.5 Å². The van der Waals surface area contributed by atoms with Gasteiger partial charge in [0.1, 0.15) is 18.1 Å². The zero-order chi connectivity index (χ0) is 28.7. The van der Waals surface area contributed by atoms with Crippen LogP contribution in [0.1, 0.15) is 31.2 Å². The Morgan fingerprint density at radius 1 is 0.842 bits per heavy atom. The number of aliphatic hydroxyl groups excluding tert-OH is 1. The highest BCUT2D eigenvalue weighted by atomic mass is 16.4. The summed E-state index contributed by atoms with van der Waals surface area (Å²) in [5, 5.41) is 34.9. The monoisotopic (exact) mass is 537 g/mol. The van der Waals surface area contributed by atoms with Gasteiger partial charge in [0.15, 0.2) is 5.96 Å². The molecule has 12 N–H and O–H groups in total. The van der Waals surface area contributed by atoms with Crippen molar-refractivity contribution in [3.05, 3.63) is 35.9 Å². The molecule has 15 nitrogen and oxygen atoms in total.